The summed E-state index contributed by atoms with van der Waals surface area (Å²) >= 11 is 0. The molecule has 11 heteroatoms. The van der Waals surface area contributed by atoms with Gasteiger partial charge in [-0.25, -0.2) is 8.42 Å². The van der Waals surface area contributed by atoms with Crippen molar-refractivity contribution in [1.82, 2.24) is 9.21 Å². The summed E-state index contributed by atoms with van der Waals surface area (Å²) in [4.78, 5) is 12.7. The number of halogens is 3. The zero-order valence-corrected chi connectivity index (χ0v) is 18.1. The number of terminal acetylenes is 1. The summed E-state index contributed by atoms with van der Waals surface area (Å²) < 4.78 is 68.8. The Balaban J connectivity index is 1.73. The molecule has 0 bridgehead atoms. The van der Waals surface area contributed by atoms with E-state index in [1.807, 2.05) is 0 Å². The van der Waals surface area contributed by atoms with Crippen LogP contribution in [0.1, 0.15) is 11.1 Å². The molecular formula is C22H21F3N2O5S. The maximum atomic E-state index is 13.1. The van der Waals surface area contributed by atoms with Gasteiger partial charge >= 0.3 is 12.3 Å². The van der Waals surface area contributed by atoms with Crippen LogP contribution in [0.15, 0.2) is 53.4 Å². The van der Waals surface area contributed by atoms with Crippen LogP contribution in [0.4, 0.5) is 13.2 Å². The number of nitrogens with zero attached hydrogens (tertiary/aromatic N) is 2. The third-order valence-corrected chi connectivity index (χ3v) is 6.92. The highest BCUT2D eigenvalue weighted by Crippen LogP contribution is 2.26. The lowest BCUT2D eigenvalue weighted by atomic mass is 10.1. The van der Waals surface area contributed by atoms with E-state index < -0.39 is 28.4 Å². The van der Waals surface area contributed by atoms with Crippen molar-refractivity contribution in [3.8, 4) is 18.1 Å². The Bertz CT molecular complexity index is 1160. The Kier molecular flexibility index (Phi) is 7.31. The normalized spacial score (nSPS) is 17.9. The zero-order chi connectivity index (χ0) is 24.2. The molecule has 176 valence electrons. The number of ether oxygens (including phenoxy) is 1. The molecule has 0 saturated carbocycles. The van der Waals surface area contributed by atoms with Crippen molar-refractivity contribution >= 4 is 16.0 Å². The predicted molar refractivity (Wildman–Crippen MR) is 113 cm³/mol. The molecule has 0 aliphatic carbocycles. The molecule has 1 aliphatic rings. The van der Waals surface area contributed by atoms with Crippen molar-refractivity contribution in [1.29, 1.82) is 0 Å². The maximum Gasteiger partial charge on any atom is 0.573 e. The lowest BCUT2D eigenvalue weighted by Crippen LogP contribution is -2.53. The molecule has 1 N–H and O–H groups in total. The third kappa shape index (κ3) is 6.47. The van der Waals surface area contributed by atoms with Crippen molar-refractivity contribution in [3.63, 3.8) is 0 Å². The minimum Gasteiger partial charge on any atom is -0.481 e. The van der Waals surface area contributed by atoms with Gasteiger partial charge in [-0.05, 0) is 35.4 Å². The van der Waals surface area contributed by atoms with Gasteiger partial charge in [0, 0.05) is 26.2 Å². The van der Waals surface area contributed by atoms with E-state index in [0.717, 1.165) is 0 Å². The monoisotopic (exact) mass is 482 g/mol. The standard InChI is InChI=1S/C22H21F3N2O5S/c1-2-18-15-27(33(30,31)20-8-4-5-16(12-20)13-21(28)29)10-9-26(18)14-17-6-3-7-19(11-17)32-22(23,24)25/h1,3-8,11-12,18H,9-10,13-15H2,(H,28,29). The first-order valence-electron chi connectivity index (χ1n) is 9.84. The number of carbonyl (C=O) groups is 1. The molecule has 1 unspecified atom stereocenters. The fourth-order valence-corrected chi connectivity index (χ4v) is 5.08. The lowest BCUT2D eigenvalue weighted by Gasteiger charge is -2.38. The van der Waals surface area contributed by atoms with Crippen LogP contribution in [0.2, 0.25) is 0 Å². The summed E-state index contributed by atoms with van der Waals surface area (Å²) in [6.45, 7) is 0.572. The molecule has 1 heterocycles. The third-order valence-electron chi connectivity index (χ3n) is 5.06. The van der Waals surface area contributed by atoms with Crippen molar-refractivity contribution < 1.29 is 36.2 Å². The second-order valence-electron chi connectivity index (χ2n) is 7.43. The quantitative estimate of drug-likeness (QED) is 0.611. The number of sulfonamides is 1. The molecule has 0 radical (unpaired) electrons. The highest BCUT2D eigenvalue weighted by atomic mass is 32.2. The van der Waals surface area contributed by atoms with Gasteiger partial charge in [-0.3, -0.25) is 9.69 Å². The molecule has 0 spiro atoms. The second-order valence-corrected chi connectivity index (χ2v) is 9.37. The largest absolute Gasteiger partial charge is 0.573 e. The summed E-state index contributed by atoms with van der Waals surface area (Å²) in [5.41, 5.74) is 0.895. The van der Waals surface area contributed by atoms with Gasteiger partial charge in [0.2, 0.25) is 10.0 Å². The Hall–Kier alpha value is -3.07. The number of benzene rings is 2. The van der Waals surface area contributed by atoms with E-state index >= 15 is 0 Å². The zero-order valence-electron chi connectivity index (χ0n) is 17.3. The number of aliphatic carboxylic acids is 1. The van der Waals surface area contributed by atoms with Gasteiger partial charge in [-0.15, -0.1) is 19.6 Å². The molecule has 33 heavy (non-hydrogen) atoms. The molecule has 0 aromatic heterocycles. The van der Waals surface area contributed by atoms with Gasteiger partial charge in [0.1, 0.15) is 5.75 Å². The van der Waals surface area contributed by atoms with Gasteiger partial charge in [0.05, 0.1) is 17.4 Å². The molecule has 1 aliphatic heterocycles. The first kappa shape index (κ1) is 24.6. The van der Waals surface area contributed by atoms with Gasteiger partial charge in [-0.1, -0.05) is 30.2 Å². The van der Waals surface area contributed by atoms with E-state index in [1.54, 1.807) is 11.0 Å². The van der Waals surface area contributed by atoms with Crippen molar-refractivity contribution in [2.45, 2.75) is 30.3 Å². The first-order valence-corrected chi connectivity index (χ1v) is 11.3. The summed E-state index contributed by atoms with van der Waals surface area (Å²) in [7, 11) is -3.91. The summed E-state index contributed by atoms with van der Waals surface area (Å²) in [6.07, 6.45) is 0.524. The smallest absolute Gasteiger partial charge is 0.481 e. The van der Waals surface area contributed by atoms with E-state index in [4.69, 9.17) is 11.5 Å². The van der Waals surface area contributed by atoms with Crippen LogP contribution in [0.5, 0.6) is 5.75 Å². The average Bonchev–Trinajstić information content (AvgIpc) is 2.72. The summed E-state index contributed by atoms with van der Waals surface area (Å²) in [5, 5.41) is 8.95. The Morgan fingerprint density at radius 3 is 2.52 bits per heavy atom. The molecule has 1 saturated heterocycles. The first-order chi connectivity index (χ1) is 15.5. The molecule has 7 nitrogen and oxygen atoms in total. The van der Waals surface area contributed by atoms with Crippen LogP contribution in [0.3, 0.4) is 0 Å². The van der Waals surface area contributed by atoms with Gasteiger partial charge in [-0.2, -0.15) is 4.31 Å². The number of carboxylic acid groups (broad SMARTS) is 1. The summed E-state index contributed by atoms with van der Waals surface area (Å²) in [6, 6.07) is 10.7. The highest BCUT2D eigenvalue weighted by molar-refractivity contribution is 7.89. The van der Waals surface area contributed by atoms with Crippen molar-refractivity contribution in [2.75, 3.05) is 19.6 Å². The topological polar surface area (TPSA) is 87.2 Å². The maximum absolute atomic E-state index is 13.1. The average molecular weight is 482 g/mol. The number of carboxylic acids is 1. The molecule has 1 fully saturated rings. The van der Waals surface area contributed by atoms with Crippen LogP contribution in [0, 0.1) is 12.3 Å². The van der Waals surface area contributed by atoms with E-state index in [2.05, 4.69) is 10.7 Å². The molecule has 1 atom stereocenters. The molecule has 3 rings (SSSR count). The molecule has 2 aromatic carbocycles. The molecule has 0 amide bonds. The van der Waals surface area contributed by atoms with E-state index in [1.165, 1.54) is 46.8 Å². The van der Waals surface area contributed by atoms with Crippen LogP contribution in [-0.4, -0.2) is 60.7 Å². The van der Waals surface area contributed by atoms with Crippen molar-refractivity contribution in [2.24, 2.45) is 0 Å². The Morgan fingerprint density at radius 1 is 1.15 bits per heavy atom. The van der Waals surface area contributed by atoms with Crippen LogP contribution >= 0.6 is 0 Å². The number of alkyl halides is 3. The van der Waals surface area contributed by atoms with E-state index in [0.29, 0.717) is 11.1 Å². The number of hydrogen-bond donors (Lipinski definition) is 1. The fourth-order valence-electron chi connectivity index (χ4n) is 3.58. The number of rotatable bonds is 7. The van der Waals surface area contributed by atoms with Gasteiger partial charge < -0.3 is 9.84 Å². The second kappa shape index (κ2) is 9.82. The lowest BCUT2D eigenvalue weighted by molar-refractivity contribution is -0.274. The van der Waals surface area contributed by atoms with E-state index in [9.17, 15) is 26.4 Å². The molecule has 2 aromatic rings. The minimum atomic E-state index is -4.80. The van der Waals surface area contributed by atoms with Crippen molar-refractivity contribution in [3.05, 3.63) is 59.7 Å². The Labute approximate surface area is 189 Å². The van der Waals surface area contributed by atoms with Crippen LogP contribution < -0.4 is 4.74 Å². The SMILES string of the molecule is C#CC1CN(S(=O)(=O)c2cccc(CC(=O)O)c2)CCN1Cc1cccc(OC(F)(F)F)c1. The fraction of sp³-hybridized carbons (Fsp3) is 0.318. The predicted octanol–water partition coefficient (Wildman–Crippen LogP) is 2.72. The minimum absolute atomic E-state index is 0.0132. The van der Waals surface area contributed by atoms with Gasteiger partial charge in [0.25, 0.3) is 0 Å². The van der Waals surface area contributed by atoms with Crippen LogP contribution in [-0.2, 0) is 27.8 Å². The number of piperazine rings is 1. The Morgan fingerprint density at radius 2 is 1.85 bits per heavy atom. The van der Waals surface area contributed by atoms with Crippen LogP contribution in [0.25, 0.3) is 0 Å². The van der Waals surface area contributed by atoms with Gasteiger partial charge in [0.15, 0.2) is 0 Å². The van der Waals surface area contributed by atoms with E-state index in [-0.39, 0.29) is 43.2 Å². The highest BCUT2D eigenvalue weighted by Gasteiger charge is 2.34. The summed E-state index contributed by atoms with van der Waals surface area (Å²) in [5.74, 6) is 1.13. The molecular weight excluding hydrogens is 461 g/mol. The number of hydrogen-bond acceptors (Lipinski definition) is 5.